The molecule has 1 aliphatic heterocycles. The van der Waals surface area contributed by atoms with Gasteiger partial charge in [-0.05, 0) is 22.7 Å². The Morgan fingerprint density at radius 1 is 0.840 bits per heavy atom. The number of hydrogen-bond donors (Lipinski definition) is 2. The zero-order valence-corrected chi connectivity index (χ0v) is 17.2. The van der Waals surface area contributed by atoms with Gasteiger partial charge in [0.1, 0.15) is 0 Å². The van der Waals surface area contributed by atoms with Crippen molar-refractivity contribution in [3.63, 3.8) is 0 Å². The lowest BCUT2D eigenvalue weighted by Crippen LogP contribution is -2.63. The van der Waals surface area contributed by atoms with Gasteiger partial charge in [-0.15, -0.1) is 0 Å². The highest BCUT2D eigenvalue weighted by Gasteiger charge is 2.63. The summed E-state index contributed by atoms with van der Waals surface area (Å²) in [5.41, 5.74) is 2.63. The van der Waals surface area contributed by atoms with E-state index in [1.807, 2.05) is 0 Å². The van der Waals surface area contributed by atoms with Crippen LogP contribution >= 0.6 is 0 Å². The van der Waals surface area contributed by atoms with Gasteiger partial charge < -0.3 is 14.7 Å². The summed E-state index contributed by atoms with van der Waals surface area (Å²) in [7, 11) is 0. The van der Waals surface area contributed by atoms with Crippen LogP contribution in [0.1, 0.15) is 92.4 Å². The first-order chi connectivity index (χ1) is 11.7. The Morgan fingerprint density at radius 3 is 1.88 bits per heavy atom. The number of nitrogens with one attached hydrogen (secondary N) is 1. The third-order valence-electron chi connectivity index (χ3n) is 7.17. The fourth-order valence-corrected chi connectivity index (χ4v) is 5.95. The van der Waals surface area contributed by atoms with Gasteiger partial charge in [0.2, 0.25) is 0 Å². The predicted molar refractivity (Wildman–Crippen MR) is 102 cm³/mol. The monoisotopic (exact) mass is 355 g/mol. The van der Waals surface area contributed by atoms with E-state index >= 15 is 0 Å². The molecule has 1 heterocycles. The summed E-state index contributed by atoms with van der Waals surface area (Å²) in [5.74, 6) is -0.424. The van der Waals surface area contributed by atoms with E-state index in [9.17, 15) is 5.21 Å². The zero-order chi connectivity index (χ0) is 18.6. The van der Waals surface area contributed by atoms with Crippen molar-refractivity contribution < 1.29 is 14.7 Å². The fourth-order valence-electron chi connectivity index (χ4n) is 5.95. The molecule has 4 nitrogen and oxygen atoms in total. The largest absolute Gasteiger partial charge is 0.347 e. The van der Waals surface area contributed by atoms with Gasteiger partial charge in [0.25, 0.3) is 0 Å². The minimum absolute atomic E-state index is 0.0260. The van der Waals surface area contributed by atoms with Crippen molar-refractivity contribution in [1.29, 1.82) is 0 Å². The average molecular weight is 356 g/mol. The summed E-state index contributed by atoms with van der Waals surface area (Å²) in [6, 6.07) is 0. The van der Waals surface area contributed by atoms with E-state index in [0.717, 1.165) is 19.3 Å². The Kier molecular flexibility index (Phi) is 6.97. The molecule has 2 fully saturated rings. The highest BCUT2D eigenvalue weighted by Crippen LogP contribution is 2.65. The molecule has 0 radical (unpaired) electrons. The molecule has 2 rings (SSSR count). The Hall–Kier alpha value is -0.160. The molecule has 0 aromatic carbocycles. The second-order valence-corrected chi connectivity index (χ2v) is 9.66. The number of hydroxylamine groups is 1. The molecule has 0 amide bonds. The molecule has 1 saturated carbocycles. The van der Waals surface area contributed by atoms with Crippen LogP contribution in [0.2, 0.25) is 0 Å². The maximum absolute atomic E-state index is 9.67. The molecular weight excluding hydrogens is 314 g/mol. The van der Waals surface area contributed by atoms with E-state index in [1.54, 1.807) is 0 Å². The third-order valence-corrected chi connectivity index (χ3v) is 7.17. The van der Waals surface area contributed by atoms with Gasteiger partial charge in [0, 0.05) is 19.4 Å². The van der Waals surface area contributed by atoms with Crippen LogP contribution in [0, 0.1) is 16.2 Å². The van der Waals surface area contributed by atoms with Crippen molar-refractivity contribution in [2.24, 2.45) is 16.2 Å². The molecule has 0 atom stereocenters. The number of rotatable bonds is 9. The van der Waals surface area contributed by atoms with Crippen molar-refractivity contribution in [1.82, 2.24) is 5.48 Å². The molecule has 2 aliphatic rings. The summed E-state index contributed by atoms with van der Waals surface area (Å²) in [6.45, 7) is 13.7. The van der Waals surface area contributed by atoms with Crippen LogP contribution in [0.5, 0.6) is 0 Å². The Balaban J connectivity index is 2.13. The van der Waals surface area contributed by atoms with Gasteiger partial charge in [0.15, 0.2) is 5.79 Å². The smallest absolute Gasteiger partial charge is 0.169 e. The standard InChI is InChI=1S/C21H41NO3/c1-6-7-8-9-10-11-12-20(17-22-23)18(2,3)15-21(16-19(20,4)5)24-13-14-25-21/h22-23H,6-17H2,1-5H3. The Morgan fingerprint density at radius 2 is 1.36 bits per heavy atom. The van der Waals surface area contributed by atoms with Gasteiger partial charge >= 0.3 is 0 Å². The Bertz CT molecular complexity index is 393. The molecule has 4 heteroatoms. The number of ether oxygens (including phenoxy) is 2. The van der Waals surface area contributed by atoms with Gasteiger partial charge in [-0.3, -0.25) is 0 Å². The molecule has 1 spiro atoms. The molecule has 148 valence electrons. The van der Waals surface area contributed by atoms with Crippen LogP contribution in [-0.2, 0) is 9.47 Å². The van der Waals surface area contributed by atoms with E-state index in [4.69, 9.17) is 9.47 Å². The second-order valence-electron chi connectivity index (χ2n) is 9.66. The summed E-state index contributed by atoms with van der Waals surface area (Å²) < 4.78 is 12.2. The Labute approximate surface area is 155 Å². The van der Waals surface area contributed by atoms with Crippen LogP contribution in [0.3, 0.4) is 0 Å². The lowest BCUT2D eigenvalue weighted by molar-refractivity contribution is -0.270. The summed E-state index contributed by atoms with van der Waals surface area (Å²) in [5, 5.41) is 9.67. The van der Waals surface area contributed by atoms with Crippen molar-refractivity contribution in [2.75, 3.05) is 19.8 Å². The van der Waals surface area contributed by atoms with Crippen molar-refractivity contribution in [3.05, 3.63) is 0 Å². The van der Waals surface area contributed by atoms with Crippen LogP contribution < -0.4 is 5.48 Å². The number of unbranched alkanes of at least 4 members (excludes halogenated alkanes) is 5. The van der Waals surface area contributed by atoms with Crippen molar-refractivity contribution >= 4 is 0 Å². The quantitative estimate of drug-likeness (QED) is 0.436. The summed E-state index contributed by atoms with van der Waals surface area (Å²) in [4.78, 5) is 0. The number of hydrogen-bond acceptors (Lipinski definition) is 4. The first-order valence-corrected chi connectivity index (χ1v) is 10.4. The topological polar surface area (TPSA) is 50.7 Å². The minimum Gasteiger partial charge on any atom is -0.347 e. The summed E-state index contributed by atoms with van der Waals surface area (Å²) in [6.07, 6.45) is 10.8. The van der Waals surface area contributed by atoms with Gasteiger partial charge in [-0.25, -0.2) is 5.48 Å². The first-order valence-electron chi connectivity index (χ1n) is 10.4. The molecule has 1 saturated heterocycles. The van der Waals surface area contributed by atoms with Crippen molar-refractivity contribution in [2.45, 2.75) is 98.2 Å². The predicted octanol–water partition coefficient (Wildman–Crippen LogP) is 5.29. The molecule has 0 aromatic rings. The maximum Gasteiger partial charge on any atom is 0.169 e. The fraction of sp³-hybridized carbons (Fsp3) is 1.00. The van der Waals surface area contributed by atoms with E-state index in [2.05, 4.69) is 40.1 Å². The molecular formula is C21H41NO3. The molecule has 0 aromatic heterocycles. The van der Waals surface area contributed by atoms with Gasteiger partial charge in [0.05, 0.1) is 13.2 Å². The minimum atomic E-state index is -0.424. The SMILES string of the molecule is CCCCCCCCC1(CNO)C(C)(C)CC2(CC1(C)C)OCCO2. The maximum atomic E-state index is 9.67. The van der Waals surface area contributed by atoms with Crippen LogP contribution in [0.25, 0.3) is 0 Å². The molecule has 25 heavy (non-hydrogen) atoms. The third kappa shape index (κ3) is 4.23. The lowest BCUT2D eigenvalue weighted by Gasteiger charge is -2.63. The first kappa shape index (κ1) is 21.1. The van der Waals surface area contributed by atoms with Gasteiger partial charge in [-0.2, -0.15) is 0 Å². The van der Waals surface area contributed by atoms with Gasteiger partial charge in [-0.1, -0.05) is 73.1 Å². The van der Waals surface area contributed by atoms with Crippen LogP contribution in [0.15, 0.2) is 0 Å². The molecule has 0 bridgehead atoms. The second kappa shape index (κ2) is 8.24. The average Bonchev–Trinajstić information content (AvgIpc) is 2.94. The molecule has 0 unspecified atom stereocenters. The normalized spacial score (nSPS) is 26.2. The zero-order valence-electron chi connectivity index (χ0n) is 17.2. The highest BCUT2D eigenvalue weighted by atomic mass is 16.7. The molecule has 1 aliphatic carbocycles. The van der Waals surface area contributed by atoms with E-state index in [1.165, 1.54) is 38.5 Å². The lowest BCUT2D eigenvalue weighted by atomic mass is 9.44. The molecule has 2 N–H and O–H groups in total. The summed E-state index contributed by atoms with van der Waals surface area (Å²) >= 11 is 0. The van der Waals surface area contributed by atoms with E-state index in [0.29, 0.717) is 19.8 Å². The van der Waals surface area contributed by atoms with Crippen molar-refractivity contribution in [3.8, 4) is 0 Å². The van der Waals surface area contributed by atoms with E-state index < -0.39 is 5.79 Å². The van der Waals surface area contributed by atoms with Crippen LogP contribution in [-0.4, -0.2) is 30.8 Å². The highest BCUT2D eigenvalue weighted by molar-refractivity contribution is 5.10. The van der Waals surface area contributed by atoms with E-state index in [-0.39, 0.29) is 16.2 Å². The van der Waals surface area contributed by atoms with Crippen LogP contribution in [0.4, 0.5) is 0 Å².